The molecule has 0 unspecified atom stereocenters. The van der Waals surface area contributed by atoms with Crippen molar-refractivity contribution in [2.75, 3.05) is 7.18 Å². The van der Waals surface area contributed by atoms with Crippen LogP contribution in [0.1, 0.15) is 0 Å². The normalized spacial score (nSPS) is 6.83. The van der Waals surface area contributed by atoms with E-state index in [4.69, 9.17) is 4.21 Å². The van der Waals surface area contributed by atoms with Crippen molar-refractivity contribution in [3.05, 3.63) is 0 Å². The molecule has 0 spiro atoms. The molecule has 0 fully saturated rings. The van der Waals surface area contributed by atoms with E-state index in [0.29, 0.717) is 7.18 Å². The maximum Gasteiger partial charge on any atom is 0.211 e. The topological polar surface area (TPSA) is 17.1 Å². The molecule has 0 N–H and O–H groups in total. The van der Waals surface area contributed by atoms with Gasteiger partial charge in [-0.1, -0.05) is 0 Å². The van der Waals surface area contributed by atoms with Crippen molar-refractivity contribution in [1.82, 2.24) is 0 Å². The summed E-state index contributed by atoms with van der Waals surface area (Å²) in [6.45, 7) is 0. The third-order valence-electron chi connectivity index (χ3n) is 0. The van der Waals surface area contributed by atoms with Crippen molar-refractivity contribution in [1.29, 1.82) is 0 Å². The number of hydrogen-bond acceptors (Lipinski definition) is 1. The summed E-state index contributed by atoms with van der Waals surface area (Å²) in [5.74, 6) is 0. The second-order valence-electron chi connectivity index (χ2n) is 0.184. The van der Waals surface area contributed by atoms with Crippen LogP contribution < -0.4 is 0 Å². The largest absolute Gasteiger partial charge is 0.255 e. The fourth-order valence-electron chi connectivity index (χ4n) is 0. The lowest BCUT2D eigenvalue weighted by molar-refractivity contribution is 0.636. The van der Waals surface area contributed by atoms with Crippen LogP contribution in [-0.2, 0) is 9.23 Å². The number of rotatable bonds is 0. The SMILES string of the molecule is CF.O=S(Cl)Cl. The Morgan fingerprint density at radius 1 is 1.50 bits per heavy atom. The van der Waals surface area contributed by atoms with Crippen LogP contribution in [0.15, 0.2) is 0 Å². The van der Waals surface area contributed by atoms with E-state index in [2.05, 4.69) is 21.4 Å². The molecule has 0 aromatic carbocycles. The lowest BCUT2D eigenvalue weighted by Gasteiger charge is -1.50. The Kier molecular flexibility index (Phi) is 15.0. The predicted octanol–water partition coefficient (Wildman–Crippen LogP) is 1.63. The highest BCUT2D eigenvalue weighted by Crippen LogP contribution is 1.89. The Morgan fingerprint density at radius 2 is 1.50 bits per heavy atom. The Hall–Kier alpha value is 0.660. The average Bonchev–Trinajstić information content (AvgIpc) is 1.41. The second-order valence-corrected chi connectivity index (χ2v) is 2.71. The number of alkyl halides is 1. The van der Waals surface area contributed by atoms with Gasteiger partial charge in [-0.05, 0) is 0 Å². The molecular weight excluding hydrogens is 150 g/mol. The number of hydrogen-bond donors (Lipinski definition) is 0. The van der Waals surface area contributed by atoms with Crippen LogP contribution in [0, 0.1) is 0 Å². The molecule has 6 heavy (non-hydrogen) atoms. The highest BCUT2D eigenvalue weighted by atomic mass is 36.0. The van der Waals surface area contributed by atoms with Crippen LogP contribution in [0.25, 0.3) is 0 Å². The maximum atomic E-state index is 9.50. The van der Waals surface area contributed by atoms with Crippen LogP contribution in [0.3, 0.4) is 0 Å². The molecule has 0 atom stereocenters. The van der Waals surface area contributed by atoms with Gasteiger partial charge in [0.1, 0.15) is 0 Å². The Bertz CT molecular complexity index is 36.5. The molecule has 0 aliphatic carbocycles. The van der Waals surface area contributed by atoms with Gasteiger partial charge in [0.15, 0.2) is 0 Å². The molecule has 0 aliphatic heterocycles. The molecule has 0 saturated heterocycles. The van der Waals surface area contributed by atoms with E-state index >= 15 is 0 Å². The Morgan fingerprint density at radius 3 is 1.50 bits per heavy atom. The smallest absolute Gasteiger partial charge is 0.211 e. The van der Waals surface area contributed by atoms with Gasteiger partial charge in [-0.3, -0.25) is 4.39 Å². The molecule has 0 aromatic rings. The zero-order valence-corrected chi connectivity index (χ0v) is 5.28. The molecule has 0 rings (SSSR count). The van der Waals surface area contributed by atoms with E-state index in [1.54, 1.807) is 0 Å². The van der Waals surface area contributed by atoms with Crippen LogP contribution in [0.5, 0.6) is 0 Å². The molecule has 0 aliphatic rings. The van der Waals surface area contributed by atoms with E-state index in [0.717, 1.165) is 0 Å². The molecule has 0 radical (unpaired) electrons. The average molecular weight is 153 g/mol. The third-order valence-corrected chi connectivity index (χ3v) is 0. The molecule has 0 heterocycles. The lowest BCUT2D eigenvalue weighted by atomic mass is 11.9. The van der Waals surface area contributed by atoms with Crippen LogP contribution in [0.4, 0.5) is 4.39 Å². The van der Waals surface area contributed by atoms with Crippen molar-refractivity contribution >= 4 is 30.6 Å². The maximum absolute atomic E-state index is 9.50. The van der Waals surface area contributed by atoms with Crippen LogP contribution in [-0.4, -0.2) is 11.4 Å². The van der Waals surface area contributed by atoms with Gasteiger partial charge in [-0.15, -0.1) is 0 Å². The summed E-state index contributed by atoms with van der Waals surface area (Å²) in [6.07, 6.45) is 0. The van der Waals surface area contributed by atoms with Gasteiger partial charge in [0.25, 0.3) is 0 Å². The van der Waals surface area contributed by atoms with Crippen molar-refractivity contribution < 1.29 is 8.60 Å². The first-order valence-electron chi connectivity index (χ1n) is 0.853. The van der Waals surface area contributed by atoms with Gasteiger partial charge in [0, 0.05) is 21.4 Å². The van der Waals surface area contributed by atoms with Gasteiger partial charge in [0.05, 0.1) is 7.18 Å². The van der Waals surface area contributed by atoms with E-state index < -0.39 is 9.23 Å². The summed E-state index contributed by atoms with van der Waals surface area (Å²) in [7, 11) is 7.86. The zero-order valence-electron chi connectivity index (χ0n) is 2.95. The molecule has 0 aromatic heterocycles. The van der Waals surface area contributed by atoms with Crippen molar-refractivity contribution in [3.8, 4) is 0 Å². The first-order valence-corrected chi connectivity index (χ1v) is 3.66. The summed E-state index contributed by atoms with van der Waals surface area (Å²) < 4.78 is 18.6. The Balaban J connectivity index is 0. The third kappa shape index (κ3) is 143. The van der Waals surface area contributed by atoms with Crippen LogP contribution >= 0.6 is 21.4 Å². The van der Waals surface area contributed by atoms with E-state index in [-0.39, 0.29) is 0 Å². The zero-order chi connectivity index (χ0) is 5.58. The molecule has 5 heteroatoms. The summed E-state index contributed by atoms with van der Waals surface area (Å²) in [6, 6.07) is 0. The van der Waals surface area contributed by atoms with Crippen molar-refractivity contribution in [2.45, 2.75) is 0 Å². The minimum Gasteiger partial charge on any atom is -0.255 e. The standard InChI is InChI=1S/CH3F.Cl2OS/c1-2;1-4(2)3/h1H3;. The van der Waals surface area contributed by atoms with Gasteiger partial charge in [-0.25, -0.2) is 4.21 Å². The van der Waals surface area contributed by atoms with Crippen molar-refractivity contribution in [2.24, 2.45) is 0 Å². The molecular formula is CH3Cl2FOS. The summed E-state index contributed by atoms with van der Waals surface area (Å²) in [5, 5.41) is 0. The van der Waals surface area contributed by atoms with E-state index in [1.807, 2.05) is 0 Å². The van der Waals surface area contributed by atoms with Gasteiger partial charge in [-0.2, -0.15) is 0 Å². The van der Waals surface area contributed by atoms with E-state index in [1.165, 1.54) is 0 Å². The lowest BCUT2D eigenvalue weighted by Crippen LogP contribution is -1.41. The highest BCUT2D eigenvalue weighted by molar-refractivity contribution is 8.26. The summed E-state index contributed by atoms with van der Waals surface area (Å²) in [4.78, 5) is 0. The first-order chi connectivity index (χ1) is 2.73. The molecule has 0 amide bonds. The second kappa shape index (κ2) is 9.18. The molecule has 40 valence electrons. The quantitative estimate of drug-likeness (QED) is 0.483. The summed E-state index contributed by atoms with van der Waals surface area (Å²) in [5.41, 5.74) is 0. The molecule has 1 nitrogen and oxygen atoms in total. The fourth-order valence-corrected chi connectivity index (χ4v) is 0. The van der Waals surface area contributed by atoms with Gasteiger partial charge >= 0.3 is 0 Å². The Labute approximate surface area is 46.9 Å². The van der Waals surface area contributed by atoms with Crippen molar-refractivity contribution in [3.63, 3.8) is 0 Å². The monoisotopic (exact) mass is 152 g/mol. The van der Waals surface area contributed by atoms with Crippen LogP contribution in [0.2, 0.25) is 0 Å². The molecule has 0 bridgehead atoms. The summed E-state index contributed by atoms with van der Waals surface area (Å²) >= 11 is 0. The molecule has 0 saturated carbocycles. The van der Waals surface area contributed by atoms with E-state index in [9.17, 15) is 4.39 Å². The van der Waals surface area contributed by atoms with Gasteiger partial charge < -0.3 is 0 Å². The minimum absolute atomic E-state index is 0.500. The fraction of sp³-hybridized carbons (Fsp3) is 1.00. The predicted molar refractivity (Wildman–Crippen MR) is 26.9 cm³/mol. The number of halogens is 3. The van der Waals surface area contributed by atoms with Gasteiger partial charge in [0.2, 0.25) is 9.23 Å². The minimum atomic E-state index is -1.67. The first kappa shape index (κ1) is 9.83. The highest BCUT2D eigenvalue weighted by Gasteiger charge is 1.67.